The van der Waals surface area contributed by atoms with E-state index in [0.29, 0.717) is 13.1 Å². The summed E-state index contributed by atoms with van der Waals surface area (Å²) in [6.07, 6.45) is 1.63. The largest absolute Gasteiger partial charge is 0.352 e. The van der Waals surface area contributed by atoms with E-state index in [1.807, 2.05) is 12.1 Å². The SMILES string of the molecule is NC(=O)NC1CCN(CC(=O)NCc2ccc(Cl)s2)CC1. The molecule has 1 aliphatic rings. The Kier molecular flexibility index (Phi) is 5.84. The summed E-state index contributed by atoms with van der Waals surface area (Å²) >= 11 is 7.31. The van der Waals surface area contributed by atoms with Gasteiger partial charge in [0.25, 0.3) is 0 Å². The van der Waals surface area contributed by atoms with Crippen molar-refractivity contribution in [3.63, 3.8) is 0 Å². The third kappa shape index (κ3) is 5.53. The fourth-order valence-electron chi connectivity index (χ4n) is 2.33. The molecule has 1 fully saturated rings. The average molecular weight is 331 g/mol. The van der Waals surface area contributed by atoms with Gasteiger partial charge in [-0.3, -0.25) is 9.69 Å². The maximum Gasteiger partial charge on any atom is 0.312 e. The number of halogens is 1. The molecule has 116 valence electrons. The molecule has 0 saturated carbocycles. The van der Waals surface area contributed by atoms with Crippen LogP contribution in [-0.4, -0.2) is 42.5 Å². The molecule has 21 heavy (non-hydrogen) atoms. The molecule has 2 rings (SSSR count). The highest BCUT2D eigenvalue weighted by molar-refractivity contribution is 7.16. The molecule has 0 bridgehead atoms. The van der Waals surface area contributed by atoms with Crippen LogP contribution in [0.5, 0.6) is 0 Å². The fraction of sp³-hybridized carbons (Fsp3) is 0.538. The number of urea groups is 1. The molecular formula is C13H19ClN4O2S. The van der Waals surface area contributed by atoms with Gasteiger partial charge in [-0.2, -0.15) is 0 Å². The highest BCUT2D eigenvalue weighted by Gasteiger charge is 2.21. The van der Waals surface area contributed by atoms with E-state index >= 15 is 0 Å². The second-order valence-corrected chi connectivity index (χ2v) is 6.84. The zero-order valence-corrected chi connectivity index (χ0v) is 13.2. The van der Waals surface area contributed by atoms with Gasteiger partial charge in [0.1, 0.15) is 0 Å². The monoisotopic (exact) mass is 330 g/mol. The number of rotatable bonds is 5. The zero-order chi connectivity index (χ0) is 15.2. The number of nitrogens with two attached hydrogens (primary N) is 1. The molecule has 0 unspecified atom stereocenters. The number of thiophene rings is 1. The minimum absolute atomic E-state index is 0.000771. The van der Waals surface area contributed by atoms with Gasteiger partial charge in [-0.25, -0.2) is 4.79 Å². The first-order valence-electron chi connectivity index (χ1n) is 6.82. The Bertz CT molecular complexity index is 500. The fourth-order valence-corrected chi connectivity index (χ4v) is 3.36. The van der Waals surface area contributed by atoms with Gasteiger partial charge in [0.05, 0.1) is 17.4 Å². The first-order valence-corrected chi connectivity index (χ1v) is 8.01. The first kappa shape index (κ1) is 16.1. The lowest BCUT2D eigenvalue weighted by Crippen LogP contribution is -2.48. The van der Waals surface area contributed by atoms with E-state index in [1.165, 1.54) is 11.3 Å². The van der Waals surface area contributed by atoms with Gasteiger partial charge in [-0.15, -0.1) is 11.3 Å². The van der Waals surface area contributed by atoms with Gasteiger partial charge in [-0.05, 0) is 25.0 Å². The molecule has 1 saturated heterocycles. The summed E-state index contributed by atoms with van der Waals surface area (Å²) in [4.78, 5) is 25.8. The number of piperidine rings is 1. The second kappa shape index (κ2) is 7.63. The van der Waals surface area contributed by atoms with Crippen LogP contribution in [0, 0.1) is 0 Å². The van der Waals surface area contributed by atoms with Crippen molar-refractivity contribution < 1.29 is 9.59 Å². The summed E-state index contributed by atoms with van der Waals surface area (Å²) < 4.78 is 0.725. The number of amides is 3. The zero-order valence-electron chi connectivity index (χ0n) is 11.6. The van der Waals surface area contributed by atoms with Crippen LogP contribution in [0.15, 0.2) is 12.1 Å². The van der Waals surface area contributed by atoms with Crippen LogP contribution >= 0.6 is 22.9 Å². The van der Waals surface area contributed by atoms with E-state index in [0.717, 1.165) is 35.1 Å². The van der Waals surface area contributed by atoms with Crippen LogP contribution in [0.4, 0.5) is 4.79 Å². The molecule has 6 nitrogen and oxygen atoms in total. The molecule has 0 atom stereocenters. The van der Waals surface area contributed by atoms with E-state index in [1.54, 1.807) is 0 Å². The molecule has 8 heteroatoms. The predicted octanol–water partition coefficient (Wildman–Crippen LogP) is 1.15. The molecule has 1 aliphatic heterocycles. The Morgan fingerprint density at radius 3 is 2.67 bits per heavy atom. The Hall–Kier alpha value is -1.31. The number of primary amides is 1. The highest BCUT2D eigenvalue weighted by atomic mass is 35.5. The summed E-state index contributed by atoms with van der Waals surface area (Å²) in [5.41, 5.74) is 5.10. The Morgan fingerprint density at radius 2 is 2.10 bits per heavy atom. The van der Waals surface area contributed by atoms with Crippen molar-refractivity contribution in [2.75, 3.05) is 19.6 Å². The van der Waals surface area contributed by atoms with Crippen molar-refractivity contribution in [1.29, 1.82) is 0 Å². The Balaban J connectivity index is 1.66. The number of carbonyl (C=O) groups is 2. The van der Waals surface area contributed by atoms with Gasteiger partial charge >= 0.3 is 6.03 Å². The van der Waals surface area contributed by atoms with Crippen molar-refractivity contribution >= 4 is 34.9 Å². The Labute approximate surface area is 132 Å². The highest BCUT2D eigenvalue weighted by Crippen LogP contribution is 2.20. The number of likely N-dealkylation sites (tertiary alicyclic amines) is 1. The van der Waals surface area contributed by atoms with Crippen LogP contribution in [0.25, 0.3) is 0 Å². The summed E-state index contributed by atoms with van der Waals surface area (Å²) in [7, 11) is 0. The first-order chi connectivity index (χ1) is 10.0. The average Bonchev–Trinajstić information content (AvgIpc) is 2.84. The topological polar surface area (TPSA) is 87.5 Å². The normalized spacial score (nSPS) is 16.6. The van der Waals surface area contributed by atoms with Crippen molar-refractivity contribution in [3.8, 4) is 0 Å². The third-order valence-corrected chi connectivity index (χ3v) is 4.62. The van der Waals surface area contributed by atoms with Crippen LogP contribution in [-0.2, 0) is 11.3 Å². The number of hydrogen-bond acceptors (Lipinski definition) is 4. The third-order valence-electron chi connectivity index (χ3n) is 3.39. The summed E-state index contributed by atoms with van der Waals surface area (Å²) in [6.45, 7) is 2.45. The van der Waals surface area contributed by atoms with E-state index in [2.05, 4.69) is 15.5 Å². The van der Waals surface area contributed by atoms with Crippen molar-refractivity contribution in [1.82, 2.24) is 15.5 Å². The quantitative estimate of drug-likeness (QED) is 0.757. The molecular weight excluding hydrogens is 312 g/mol. The number of hydrogen-bond donors (Lipinski definition) is 3. The number of carbonyl (C=O) groups excluding carboxylic acids is 2. The predicted molar refractivity (Wildman–Crippen MR) is 83.4 cm³/mol. The van der Waals surface area contributed by atoms with Crippen molar-refractivity contribution in [2.24, 2.45) is 5.73 Å². The van der Waals surface area contributed by atoms with Gasteiger partial charge < -0.3 is 16.4 Å². The number of nitrogens with zero attached hydrogens (tertiary/aromatic N) is 1. The van der Waals surface area contributed by atoms with Crippen molar-refractivity contribution in [2.45, 2.75) is 25.4 Å². The number of nitrogens with one attached hydrogen (secondary N) is 2. The van der Waals surface area contributed by atoms with Gasteiger partial charge in [0.15, 0.2) is 0 Å². The minimum atomic E-state index is -0.485. The summed E-state index contributed by atoms with van der Waals surface area (Å²) in [5.74, 6) is 0.000771. The second-order valence-electron chi connectivity index (χ2n) is 5.04. The smallest absolute Gasteiger partial charge is 0.312 e. The van der Waals surface area contributed by atoms with Crippen molar-refractivity contribution in [3.05, 3.63) is 21.3 Å². The van der Waals surface area contributed by atoms with Crippen LogP contribution in [0.2, 0.25) is 4.34 Å². The molecule has 2 heterocycles. The van der Waals surface area contributed by atoms with Crippen LogP contribution in [0.1, 0.15) is 17.7 Å². The lowest BCUT2D eigenvalue weighted by molar-refractivity contribution is -0.122. The molecule has 0 aromatic carbocycles. The minimum Gasteiger partial charge on any atom is -0.352 e. The molecule has 1 aromatic heterocycles. The molecule has 0 radical (unpaired) electrons. The lowest BCUT2D eigenvalue weighted by Gasteiger charge is -2.31. The summed E-state index contributed by atoms with van der Waals surface area (Å²) in [5, 5.41) is 5.59. The molecule has 0 aliphatic carbocycles. The van der Waals surface area contributed by atoms with E-state index in [-0.39, 0.29) is 11.9 Å². The molecule has 1 aromatic rings. The van der Waals surface area contributed by atoms with E-state index in [4.69, 9.17) is 17.3 Å². The summed E-state index contributed by atoms with van der Waals surface area (Å²) in [6, 6.07) is 3.37. The van der Waals surface area contributed by atoms with Gasteiger partial charge in [-0.1, -0.05) is 11.6 Å². The van der Waals surface area contributed by atoms with Crippen LogP contribution < -0.4 is 16.4 Å². The van der Waals surface area contributed by atoms with E-state index < -0.39 is 6.03 Å². The maximum absolute atomic E-state index is 11.9. The Morgan fingerprint density at radius 1 is 1.38 bits per heavy atom. The van der Waals surface area contributed by atoms with Gasteiger partial charge in [0, 0.05) is 24.0 Å². The maximum atomic E-state index is 11.9. The molecule has 4 N–H and O–H groups in total. The van der Waals surface area contributed by atoms with Crippen LogP contribution in [0.3, 0.4) is 0 Å². The van der Waals surface area contributed by atoms with E-state index in [9.17, 15) is 9.59 Å². The lowest BCUT2D eigenvalue weighted by atomic mass is 10.1. The molecule has 0 spiro atoms. The standard InChI is InChI=1S/C13H19ClN4O2S/c14-11-2-1-10(21-11)7-16-12(19)8-18-5-3-9(4-6-18)17-13(15)20/h1-2,9H,3-8H2,(H,16,19)(H3,15,17,20). The molecule has 3 amide bonds. The van der Waals surface area contributed by atoms with Gasteiger partial charge in [0.2, 0.25) is 5.91 Å².